The van der Waals surface area contributed by atoms with Crippen molar-refractivity contribution in [2.75, 3.05) is 13.1 Å². The van der Waals surface area contributed by atoms with Crippen molar-refractivity contribution < 1.29 is 4.42 Å². The fourth-order valence-electron chi connectivity index (χ4n) is 3.64. The highest BCUT2D eigenvalue weighted by Crippen LogP contribution is 2.33. The van der Waals surface area contributed by atoms with Gasteiger partial charge < -0.3 is 4.42 Å². The molecule has 2 aromatic heterocycles. The summed E-state index contributed by atoms with van der Waals surface area (Å²) in [6.07, 6.45) is 2.30. The van der Waals surface area contributed by atoms with Crippen molar-refractivity contribution in [2.45, 2.75) is 54.0 Å². The molecule has 0 saturated carbocycles. The first-order valence-electron chi connectivity index (χ1n) is 9.42. The second kappa shape index (κ2) is 7.85. The molecule has 140 valence electrons. The van der Waals surface area contributed by atoms with Gasteiger partial charge in [-0.3, -0.25) is 4.90 Å². The zero-order valence-electron chi connectivity index (χ0n) is 16.4. The molecule has 2 heterocycles. The molecular weight excluding hydrogens is 346 g/mol. The normalized spacial score (nSPS) is 11.8. The molecule has 3 rings (SSSR count). The number of nitrogens with zero attached hydrogens (tertiary/aromatic N) is 3. The lowest BCUT2D eigenvalue weighted by molar-refractivity contribution is 0.266. The van der Waals surface area contributed by atoms with Crippen LogP contribution in [0.25, 0.3) is 17.0 Å². The fraction of sp³-hybridized carbons (Fsp3) is 0.476. The number of hydrogen-bond donors (Lipinski definition) is 0. The number of rotatable bonds is 7. The molecule has 0 aliphatic rings. The van der Waals surface area contributed by atoms with Gasteiger partial charge >= 0.3 is 0 Å². The van der Waals surface area contributed by atoms with Crippen LogP contribution < -0.4 is 0 Å². The molecule has 0 saturated heterocycles. The van der Waals surface area contributed by atoms with Crippen molar-refractivity contribution in [2.24, 2.45) is 0 Å². The van der Waals surface area contributed by atoms with Crippen molar-refractivity contribution in [1.82, 2.24) is 14.5 Å². The zero-order valence-corrected chi connectivity index (χ0v) is 17.2. The minimum absolute atomic E-state index is 0.746. The largest absolute Gasteiger partial charge is 0.441 e. The van der Waals surface area contributed by atoms with E-state index >= 15 is 0 Å². The number of fused-ring (bicyclic) bond motifs is 1. The van der Waals surface area contributed by atoms with E-state index in [1.807, 2.05) is 29.6 Å². The summed E-state index contributed by atoms with van der Waals surface area (Å²) in [6.45, 7) is 13.7. The Morgan fingerprint density at radius 2 is 1.81 bits per heavy atom. The summed E-state index contributed by atoms with van der Waals surface area (Å²) in [5, 5.41) is 5.56. The van der Waals surface area contributed by atoms with Gasteiger partial charge in [0.25, 0.3) is 0 Å². The summed E-state index contributed by atoms with van der Waals surface area (Å²) in [5.41, 5.74) is 6.33. The van der Waals surface area contributed by atoms with E-state index in [4.69, 9.17) is 21.1 Å². The van der Waals surface area contributed by atoms with Gasteiger partial charge in [0.15, 0.2) is 0 Å². The first kappa shape index (κ1) is 19.0. The lowest BCUT2D eigenvalue weighted by Crippen LogP contribution is -2.25. The van der Waals surface area contributed by atoms with Crippen LogP contribution in [0.3, 0.4) is 0 Å². The minimum atomic E-state index is 0.746. The van der Waals surface area contributed by atoms with Gasteiger partial charge in [-0.2, -0.15) is 9.61 Å². The molecule has 0 aliphatic carbocycles. The number of benzene rings is 1. The molecule has 0 unspecified atom stereocenters. The van der Waals surface area contributed by atoms with E-state index in [0.717, 1.165) is 71.5 Å². The highest BCUT2D eigenvalue weighted by atomic mass is 35.5. The molecule has 0 amide bonds. The molecule has 0 bridgehead atoms. The Morgan fingerprint density at radius 3 is 2.42 bits per heavy atom. The topological polar surface area (TPSA) is 33.7 Å². The summed E-state index contributed by atoms with van der Waals surface area (Å²) >= 11 is 6.13. The maximum atomic E-state index is 6.19. The van der Waals surface area contributed by atoms with Crippen molar-refractivity contribution in [1.29, 1.82) is 0 Å². The van der Waals surface area contributed by atoms with Crippen LogP contribution in [0.2, 0.25) is 5.02 Å². The van der Waals surface area contributed by atoms with Crippen molar-refractivity contribution in [3.63, 3.8) is 0 Å². The molecular formula is C21H28ClN3O. The fourth-order valence-corrected chi connectivity index (χ4v) is 3.87. The number of halogens is 1. The Bertz CT molecular complexity index is 904. The smallest absolute Gasteiger partial charge is 0.227 e. The lowest BCUT2D eigenvalue weighted by Gasteiger charge is -2.20. The van der Waals surface area contributed by atoms with E-state index in [1.165, 1.54) is 5.56 Å². The summed E-state index contributed by atoms with van der Waals surface area (Å²) in [4.78, 5) is 2.48. The van der Waals surface area contributed by atoms with Gasteiger partial charge in [-0.25, -0.2) is 0 Å². The Hall–Kier alpha value is -1.78. The number of aryl methyl sites for hydroxylation is 3. The third-order valence-corrected chi connectivity index (χ3v) is 5.07. The maximum Gasteiger partial charge on any atom is 0.227 e. The highest BCUT2D eigenvalue weighted by molar-refractivity contribution is 6.30. The van der Waals surface area contributed by atoms with E-state index in [-0.39, 0.29) is 0 Å². The van der Waals surface area contributed by atoms with Gasteiger partial charge in [-0.05, 0) is 64.4 Å². The summed E-state index contributed by atoms with van der Waals surface area (Å²) in [5.74, 6) is 0.886. The van der Waals surface area contributed by atoms with Crippen LogP contribution in [0, 0.1) is 20.8 Å². The van der Waals surface area contributed by atoms with E-state index in [1.54, 1.807) is 0 Å². The SMILES string of the molecule is CCCN(CCC)Cc1c(C)nn2c(-c3ccc(Cl)cc3C)c(C)oc12. The van der Waals surface area contributed by atoms with Gasteiger partial charge in [0.1, 0.15) is 11.5 Å². The summed E-state index contributed by atoms with van der Waals surface area (Å²) in [6, 6.07) is 5.95. The Labute approximate surface area is 160 Å². The first-order valence-corrected chi connectivity index (χ1v) is 9.80. The van der Waals surface area contributed by atoms with Gasteiger partial charge in [-0.15, -0.1) is 0 Å². The molecule has 0 aliphatic heterocycles. The Balaban J connectivity index is 2.08. The molecule has 5 heteroatoms. The van der Waals surface area contributed by atoms with Crippen LogP contribution in [-0.2, 0) is 6.54 Å². The lowest BCUT2D eigenvalue weighted by atomic mass is 10.1. The van der Waals surface area contributed by atoms with E-state index < -0.39 is 0 Å². The van der Waals surface area contributed by atoms with Crippen LogP contribution in [0.5, 0.6) is 0 Å². The van der Waals surface area contributed by atoms with Crippen LogP contribution in [0.1, 0.15) is 49.3 Å². The van der Waals surface area contributed by atoms with Gasteiger partial charge in [0.2, 0.25) is 5.71 Å². The molecule has 1 aromatic carbocycles. The van der Waals surface area contributed by atoms with Gasteiger partial charge in [0.05, 0.1) is 11.3 Å². The molecule has 0 radical (unpaired) electrons. The predicted octanol–water partition coefficient (Wildman–Crippen LogP) is 5.79. The third-order valence-electron chi connectivity index (χ3n) is 4.84. The molecule has 26 heavy (non-hydrogen) atoms. The standard InChI is InChI=1S/C21H28ClN3O/c1-6-10-24(11-7-2)13-19-15(4)23-25-20(16(5)26-21(19)25)18-9-8-17(22)12-14(18)3/h8-9,12H,6-7,10-11,13H2,1-5H3. The highest BCUT2D eigenvalue weighted by Gasteiger charge is 2.22. The Morgan fingerprint density at radius 1 is 1.12 bits per heavy atom. The zero-order chi connectivity index (χ0) is 18.8. The average molecular weight is 374 g/mol. The minimum Gasteiger partial charge on any atom is -0.441 e. The molecule has 0 atom stereocenters. The monoisotopic (exact) mass is 373 g/mol. The van der Waals surface area contributed by atoms with Crippen LogP contribution in [0.15, 0.2) is 22.6 Å². The maximum absolute atomic E-state index is 6.19. The second-order valence-electron chi connectivity index (χ2n) is 7.02. The number of hydrogen-bond acceptors (Lipinski definition) is 3. The quantitative estimate of drug-likeness (QED) is 0.525. The molecule has 0 spiro atoms. The molecule has 3 aromatic rings. The van der Waals surface area contributed by atoms with E-state index in [0.29, 0.717) is 0 Å². The van der Waals surface area contributed by atoms with Crippen LogP contribution in [0.4, 0.5) is 0 Å². The second-order valence-corrected chi connectivity index (χ2v) is 7.46. The summed E-state index contributed by atoms with van der Waals surface area (Å²) in [7, 11) is 0. The molecule has 0 fully saturated rings. The van der Waals surface area contributed by atoms with Crippen LogP contribution >= 0.6 is 11.6 Å². The number of aromatic nitrogens is 2. The van der Waals surface area contributed by atoms with Crippen LogP contribution in [-0.4, -0.2) is 27.6 Å². The van der Waals surface area contributed by atoms with Crippen molar-refractivity contribution in [3.8, 4) is 11.3 Å². The van der Waals surface area contributed by atoms with Crippen molar-refractivity contribution >= 4 is 17.3 Å². The Kier molecular flexibility index (Phi) is 5.73. The number of oxazole rings is 1. The molecule has 0 N–H and O–H groups in total. The van der Waals surface area contributed by atoms with Crippen molar-refractivity contribution in [3.05, 3.63) is 45.8 Å². The van der Waals surface area contributed by atoms with E-state index in [2.05, 4.69) is 32.6 Å². The average Bonchev–Trinajstić information content (AvgIpc) is 3.03. The molecule has 4 nitrogen and oxygen atoms in total. The van der Waals surface area contributed by atoms with Gasteiger partial charge in [-0.1, -0.05) is 31.5 Å². The van der Waals surface area contributed by atoms with E-state index in [9.17, 15) is 0 Å². The first-order chi connectivity index (χ1) is 12.5. The van der Waals surface area contributed by atoms with Gasteiger partial charge in [0, 0.05) is 17.1 Å². The third kappa shape index (κ3) is 3.53. The summed E-state index contributed by atoms with van der Waals surface area (Å²) < 4.78 is 8.15. The predicted molar refractivity (Wildman–Crippen MR) is 108 cm³/mol.